The summed E-state index contributed by atoms with van der Waals surface area (Å²) in [7, 11) is 0. The second-order valence-electron chi connectivity index (χ2n) is 5.83. The first-order valence-electron chi connectivity index (χ1n) is 7.85. The molecule has 4 heteroatoms. The summed E-state index contributed by atoms with van der Waals surface area (Å²) in [6, 6.07) is 15.0. The van der Waals surface area contributed by atoms with Crippen LogP contribution in [0, 0.1) is 24.1 Å². The molecule has 0 unspecified atom stereocenters. The van der Waals surface area contributed by atoms with E-state index in [1.54, 1.807) is 6.07 Å². The lowest BCUT2D eigenvalue weighted by Gasteiger charge is -2.25. The van der Waals surface area contributed by atoms with Gasteiger partial charge >= 0.3 is 0 Å². The van der Waals surface area contributed by atoms with Gasteiger partial charge in [0, 0.05) is 24.3 Å². The Kier molecular flexibility index (Phi) is 4.47. The highest BCUT2D eigenvalue weighted by Gasteiger charge is 2.25. The maximum Gasteiger partial charge on any atom is 0.167 e. The molecule has 0 amide bonds. The second-order valence-corrected chi connectivity index (χ2v) is 5.83. The molecular weight excluding hydrogens is 291 g/mol. The fourth-order valence-electron chi connectivity index (χ4n) is 3.03. The average molecular weight is 310 g/mol. The minimum atomic E-state index is -0.381. The molecule has 1 aliphatic heterocycles. The van der Waals surface area contributed by atoms with Gasteiger partial charge < -0.3 is 9.64 Å². The first kappa shape index (κ1) is 15.4. The molecule has 1 heterocycles. The van der Waals surface area contributed by atoms with Crippen LogP contribution in [0.2, 0.25) is 0 Å². The molecule has 2 aromatic rings. The molecule has 0 saturated carbocycles. The van der Waals surface area contributed by atoms with Crippen LogP contribution < -0.4 is 9.64 Å². The van der Waals surface area contributed by atoms with E-state index in [9.17, 15) is 4.39 Å². The van der Waals surface area contributed by atoms with Crippen LogP contribution in [0.5, 0.6) is 11.5 Å². The first-order valence-corrected chi connectivity index (χ1v) is 7.85. The third kappa shape index (κ3) is 3.29. The van der Waals surface area contributed by atoms with Crippen molar-refractivity contribution in [1.82, 2.24) is 0 Å². The van der Waals surface area contributed by atoms with Crippen molar-refractivity contribution in [3.05, 3.63) is 53.8 Å². The summed E-state index contributed by atoms with van der Waals surface area (Å²) in [6.07, 6.45) is 2.50. The van der Waals surface area contributed by atoms with Gasteiger partial charge in [-0.3, -0.25) is 0 Å². The molecule has 0 bridgehead atoms. The number of benzene rings is 2. The fraction of sp³-hybridized carbons (Fsp3) is 0.316. The Morgan fingerprint density at radius 1 is 1.26 bits per heavy atom. The average Bonchev–Trinajstić information content (AvgIpc) is 3.00. The number of hydrogen-bond donors (Lipinski definition) is 0. The van der Waals surface area contributed by atoms with E-state index < -0.39 is 0 Å². The van der Waals surface area contributed by atoms with Crippen molar-refractivity contribution < 1.29 is 9.13 Å². The number of rotatable bonds is 4. The maximum atomic E-state index is 14.4. The van der Waals surface area contributed by atoms with Crippen molar-refractivity contribution in [3.63, 3.8) is 0 Å². The van der Waals surface area contributed by atoms with E-state index in [0.29, 0.717) is 12.2 Å². The number of hydrogen-bond acceptors (Lipinski definition) is 3. The van der Waals surface area contributed by atoms with Crippen LogP contribution in [0.25, 0.3) is 0 Å². The molecule has 3 nitrogen and oxygen atoms in total. The van der Waals surface area contributed by atoms with Crippen molar-refractivity contribution in [2.24, 2.45) is 0 Å². The summed E-state index contributed by atoms with van der Waals surface area (Å²) >= 11 is 0. The molecule has 0 aromatic heterocycles. The van der Waals surface area contributed by atoms with E-state index >= 15 is 0 Å². The van der Waals surface area contributed by atoms with Crippen molar-refractivity contribution in [2.45, 2.75) is 32.2 Å². The Morgan fingerprint density at radius 3 is 2.83 bits per heavy atom. The lowest BCUT2D eigenvalue weighted by molar-refractivity contribution is 0.439. The van der Waals surface area contributed by atoms with Gasteiger partial charge in [-0.1, -0.05) is 18.2 Å². The molecule has 23 heavy (non-hydrogen) atoms. The van der Waals surface area contributed by atoms with Crippen molar-refractivity contribution in [1.29, 1.82) is 5.26 Å². The zero-order chi connectivity index (χ0) is 16.2. The van der Waals surface area contributed by atoms with Gasteiger partial charge in [0.1, 0.15) is 5.75 Å². The van der Waals surface area contributed by atoms with Crippen LogP contribution in [0.1, 0.15) is 24.8 Å². The summed E-state index contributed by atoms with van der Waals surface area (Å²) in [4.78, 5) is 2.11. The van der Waals surface area contributed by atoms with Gasteiger partial charge in [0.15, 0.2) is 11.6 Å². The van der Waals surface area contributed by atoms with Gasteiger partial charge in [0.05, 0.1) is 12.5 Å². The molecule has 0 radical (unpaired) electrons. The first-order chi connectivity index (χ1) is 11.2. The highest BCUT2D eigenvalue weighted by Crippen LogP contribution is 2.33. The Bertz CT molecular complexity index is 738. The SMILES string of the molecule is Cc1ccccc1Oc1ccc(N2CCC[C@H]2CC#N)cc1F. The van der Waals surface area contributed by atoms with Crippen LogP contribution >= 0.6 is 0 Å². The minimum absolute atomic E-state index is 0.183. The number of aryl methyl sites for hydroxylation is 1. The number of nitriles is 1. The molecule has 3 rings (SSSR count). The molecule has 0 spiro atoms. The van der Waals surface area contributed by atoms with E-state index in [0.717, 1.165) is 30.6 Å². The summed E-state index contributed by atoms with van der Waals surface area (Å²) in [5, 5.41) is 8.91. The molecule has 118 valence electrons. The summed E-state index contributed by atoms with van der Waals surface area (Å²) in [5.74, 6) is 0.495. The standard InChI is InChI=1S/C19H19FN2O/c1-14-5-2-3-7-18(14)23-19-9-8-16(13-17(19)20)22-12-4-6-15(22)10-11-21/h2-3,5,7-9,13,15H,4,6,10,12H2,1H3/t15-/m0/s1. The normalized spacial score (nSPS) is 17.1. The number of para-hydroxylation sites is 1. The van der Waals surface area contributed by atoms with Crippen molar-refractivity contribution in [3.8, 4) is 17.6 Å². The molecule has 1 aliphatic rings. The molecule has 1 atom stereocenters. The fourth-order valence-corrected chi connectivity index (χ4v) is 3.03. The van der Waals surface area contributed by atoms with Crippen molar-refractivity contribution >= 4 is 5.69 Å². The van der Waals surface area contributed by atoms with Crippen LogP contribution in [0.4, 0.5) is 10.1 Å². The monoisotopic (exact) mass is 310 g/mol. The molecule has 0 aliphatic carbocycles. The number of ether oxygens (including phenoxy) is 1. The van der Waals surface area contributed by atoms with Crippen molar-refractivity contribution in [2.75, 3.05) is 11.4 Å². The molecule has 1 fully saturated rings. The van der Waals surface area contributed by atoms with E-state index in [-0.39, 0.29) is 17.6 Å². The molecular formula is C19H19FN2O. The smallest absolute Gasteiger partial charge is 0.167 e. The largest absolute Gasteiger partial charge is 0.454 e. The van der Waals surface area contributed by atoms with E-state index in [4.69, 9.17) is 10.00 Å². The zero-order valence-electron chi connectivity index (χ0n) is 13.1. The maximum absolute atomic E-state index is 14.4. The van der Waals surface area contributed by atoms with Gasteiger partial charge in [0.2, 0.25) is 0 Å². The van der Waals surface area contributed by atoms with Gasteiger partial charge in [0.25, 0.3) is 0 Å². The Morgan fingerprint density at radius 2 is 2.09 bits per heavy atom. The number of halogens is 1. The van der Waals surface area contributed by atoms with Crippen LogP contribution in [-0.4, -0.2) is 12.6 Å². The van der Waals surface area contributed by atoms with E-state index in [2.05, 4.69) is 11.0 Å². The Hall–Kier alpha value is -2.54. The third-order valence-corrected chi connectivity index (χ3v) is 4.26. The highest BCUT2D eigenvalue weighted by atomic mass is 19.1. The summed E-state index contributed by atoms with van der Waals surface area (Å²) < 4.78 is 20.1. The summed E-state index contributed by atoms with van der Waals surface area (Å²) in [6.45, 7) is 2.79. The quantitative estimate of drug-likeness (QED) is 0.813. The van der Waals surface area contributed by atoms with Crippen LogP contribution in [0.3, 0.4) is 0 Å². The van der Waals surface area contributed by atoms with Gasteiger partial charge in [-0.15, -0.1) is 0 Å². The predicted octanol–water partition coefficient (Wildman–Crippen LogP) is 4.81. The Labute approximate surface area is 135 Å². The third-order valence-electron chi connectivity index (χ3n) is 4.26. The molecule has 0 N–H and O–H groups in total. The van der Waals surface area contributed by atoms with Gasteiger partial charge in [-0.05, 0) is 43.5 Å². The highest BCUT2D eigenvalue weighted by molar-refractivity contribution is 5.52. The summed E-state index contributed by atoms with van der Waals surface area (Å²) in [5.41, 5.74) is 1.78. The van der Waals surface area contributed by atoms with Crippen LogP contribution in [-0.2, 0) is 0 Å². The van der Waals surface area contributed by atoms with Crippen LogP contribution in [0.15, 0.2) is 42.5 Å². The topological polar surface area (TPSA) is 36.3 Å². The second kappa shape index (κ2) is 6.70. The lowest BCUT2D eigenvalue weighted by Crippen LogP contribution is -2.28. The number of anilines is 1. The van der Waals surface area contributed by atoms with Gasteiger partial charge in [-0.25, -0.2) is 4.39 Å². The molecule has 2 aromatic carbocycles. The molecule has 1 saturated heterocycles. The van der Waals surface area contributed by atoms with E-state index in [1.807, 2.05) is 37.3 Å². The number of nitrogens with zero attached hydrogens (tertiary/aromatic N) is 2. The Balaban J connectivity index is 1.81. The van der Waals surface area contributed by atoms with Gasteiger partial charge in [-0.2, -0.15) is 5.26 Å². The van der Waals surface area contributed by atoms with E-state index in [1.165, 1.54) is 6.07 Å². The minimum Gasteiger partial charge on any atom is -0.454 e. The predicted molar refractivity (Wildman–Crippen MR) is 88.3 cm³/mol. The zero-order valence-corrected chi connectivity index (χ0v) is 13.1. The lowest BCUT2D eigenvalue weighted by atomic mass is 10.1.